The predicted octanol–water partition coefficient (Wildman–Crippen LogP) is 5.30. The Balaban J connectivity index is 1.29. The van der Waals surface area contributed by atoms with Crippen molar-refractivity contribution < 1.29 is 23.6 Å². The van der Waals surface area contributed by atoms with Crippen LogP contribution in [-0.2, 0) is 16.0 Å². The molecular formula is C26H29N3O5. The molecule has 8 heteroatoms. The van der Waals surface area contributed by atoms with Gasteiger partial charge >= 0.3 is 12.2 Å². The molecule has 1 heterocycles. The molecule has 1 atom stereocenters. The second-order valence-corrected chi connectivity index (χ2v) is 9.27. The van der Waals surface area contributed by atoms with Crippen molar-refractivity contribution in [3.63, 3.8) is 0 Å². The average Bonchev–Trinajstić information content (AvgIpc) is 3.38. The summed E-state index contributed by atoms with van der Waals surface area (Å²) in [6, 6.07) is 17.6. The molecule has 1 aliphatic rings. The van der Waals surface area contributed by atoms with E-state index in [-0.39, 0.29) is 19.1 Å². The lowest BCUT2D eigenvalue weighted by atomic mass is 9.98. The van der Waals surface area contributed by atoms with E-state index in [2.05, 4.69) is 40.1 Å². The van der Waals surface area contributed by atoms with E-state index in [9.17, 15) is 9.59 Å². The third-order valence-corrected chi connectivity index (χ3v) is 5.50. The first kappa shape index (κ1) is 23.4. The van der Waals surface area contributed by atoms with Gasteiger partial charge in [-0.25, -0.2) is 9.59 Å². The lowest BCUT2D eigenvalue weighted by molar-refractivity contribution is 0.0506. The molecule has 0 radical (unpaired) electrons. The predicted molar refractivity (Wildman–Crippen MR) is 126 cm³/mol. The van der Waals surface area contributed by atoms with Crippen molar-refractivity contribution >= 4 is 12.2 Å². The first-order chi connectivity index (χ1) is 16.2. The lowest BCUT2D eigenvalue weighted by Gasteiger charge is -2.21. The van der Waals surface area contributed by atoms with Gasteiger partial charge in [-0.3, -0.25) is 0 Å². The number of benzene rings is 2. The fourth-order valence-electron chi connectivity index (χ4n) is 3.98. The summed E-state index contributed by atoms with van der Waals surface area (Å²) >= 11 is 0. The number of carbonyl (C=O) groups is 2. The molecule has 0 fully saturated rings. The van der Waals surface area contributed by atoms with Crippen LogP contribution in [0.1, 0.15) is 62.2 Å². The molecule has 0 unspecified atom stereocenters. The maximum Gasteiger partial charge on any atom is 0.408 e. The largest absolute Gasteiger partial charge is 0.449 e. The van der Waals surface area contributed by atoms with Crippen molar-refractivity contribution in [3.05, 3.63) is 77.2 Å². The minimum absolute atomic E-state index is 0.00481. The van der Waals surface area contributed by atoms with Crippen LogP contribution in [0.3, 0.4) is 0 Å². The van der Waals surface area contributed by atoms with Crippen molar-refractivity contribution in [2.75, 3.05) is 6.61 Å². The number of hydrogen-bond acceptors (Lipinski definition) is 6. The zero-order chi connectivity index (χ0) is 24.3. The van der Waals surface area contributed by atoms with Crippen LogP contribution < -0.4 is 10.6 Å². The summed E-state index contributed by atoms with van der Waals surface area (Å²) in [5, 5.41) is 9.36. The molecule has 2 amide bonds. The highest BCUT2D eigenvalue weighted by atomic mass is 16.6. The zero-order valence-corrected chi connectivity index (χ0v) is 19.8. The number of amides is 2. The van der Waals surface area contributed by atoms with E-state index in [1.807, 2.05) is 24.3 Å². The first-order valence-electron chi connectivity index (χ1n) is 11.2. The van der Waals surface area contributed by atoms with Gasteiger partial charge < -0.3 is 24.6 Å². The van der Waals surface area contributed by atoms with Gasteiger partial charge in [0.1, 0.15) is 17.9 Å². The molecule has 1 aromatic heterocycles. The minimum atomic E-state index is -0.592. The molecule has 0 bridgehead atoms. The van der Waals surface area contributed by atoms with Crippen LogP contribution in [0.25, 0.3) is 11.1 Å². The highest BCUT2D eigenvalue weighted by Crippen LogP contribution is 2.44. The molecular weight excluding hydrogens is 434 g/mol. The number of nitrogens with one attached hydrogen (secondary N) is 2. The van der Waals surface area contributed by atoms with Crippen LogP contribution >= 0.6 is 0 Å². The van der Waals surface area contributed by atoms with Crippen LogP contribution in [-0.4, -0.2) is 29.6 Å². The Morgan fingerprint density at radius 3 is 2.26 bits per heavy atom. The van der Waals surface area contributed by atoms with Gasteiger partial charge in [-0.05, 0) is 49.9 Å². The monoisotopic (exact) mass is 463 g/mol. The Morgan fingerprint density at radius 2 is 1.65 bits per heavy atom. The first-order valence-corrected chi connectivity index (χ1v) is 11.2. The van der Waals surface area contributed by atoms with E-state index in [0.29, 0.717) is 11.5 Å². The number of fused-ring (bicyclic) bond motifs is 3. The molecule has 34 heavy (non-hydrogen) atoms. The number of aromatic nitrogens is 1. The van der Waals surface area contributed by atoms with Crippen molar-refractivity contribution in [2.24, 2.45) is 0 Å². The second-order valence-electron chi connectivity index (χ2n) is 9.27. The van der Waals surface area contributed by atoms with Gasteiger partial charge in [0.25, 0.3) is 0 Å². The smallest absolute Gasteiger partial charge is 0.408 e. The number of rotatable bonds is 6. The minimum Gasteiger partial charge on any atom is -0.449 e. The Morgan fingerprint density at radius 1 is 1.03 bits per heavy atom. The maximum absolute atomic E-state index is 12.3. The van der Waals surface area contributed by atoms with E-state index in [1.54, 1.807) is 33.8 Å². The molecule has 3 aromatic rings. The molecule has 8 nitrogen and oxygen atoms in total. The maximum atomic E-state index is 12.3. The van der Waals surface area contributed by atoms with E-state index >= 15 is 0 Å². The summed E-state index contributed by atoms with van der Waals surface area (Å²) in [5.41, 5.74) is 4.60. The fourth-order valence-corrected chi connectivity index (χ4v) is 3.98. The number of carbonyl (C=O) groups excluding carboxylic acids is 2. The fraction of sp³-hybridized carbons (Fsp3) is 0.346. The third-order valence-electron chi connectivity index (χ3n) is 5.50. The Bertz CT molecular complexity index is 1140. The highest BCUT2D eigenvalue weighted by molar-refractivity contribution is 5.79. The molecule has 178 valence electrons. The van der Waals surface area contributed by atoms with E-state index in [4.69, 9.17) is 14.0 Å². The zero-order valence-electron chi connectivity index (χ0n) is 19.8. The van der Waals surface area contributed by atoms with Gasteiger partial charge in [0, 0.05) is 12.0 Å². The van der Waals surface area contributed by atoms with Gasteiger partial charge in [0.2, 0.25) is 0 Å². The van der Waals surface area contributed by atoms with Crippen LogP contribution in [0.4, 0.5) is 9.59 Å². The van der Waals surface area contributed by atoms with Crippen LogP contribution in [0, 0.1) is 0 Å². The van der Waals surface area contributed by atoms with Gasteiger partial charge in [-0.2, -0.15) is 0 Å². The van der Waals surface area contributed by atoms with Crippen molar-refractivity contribution in [1.29, 1.82) is 0 Å². The molecule has 0 spiro atoms. The quantitative estimate of drug-likeness (QED) is 0.514. The SMILES string of the molecule is C[C@H](NC(=O)OC(C)(C)C)c1cc(CNC(=O)OCC2c3ccccc3-c3ccccc32)on1. The lowest BCUT2D eigenvalue weighted by Crippen LogP contribution is -2.34. The van der Waals surface area contributed by atoms with E-state index in [0.717, 1.165) is 11.1 Å². The van der Waals surface area contributed by atoms with E-state index in [1.165, 1.54) is 11.1 Å². The summed E-state index contributed by atoms with van der Waals surface area (Å²) < 4.78 is 16.1. The van der Waals surface area contributed by atoms with Crippen molar-refractivity contribution in [2.45, 2.75) is 51.8 Å². The summed E-state index contributed by atoms with van der Waals surface area (Å²) in [5.74, 6) is 0.441. The van der Waals surface area contributed by atoms with Gasteiger partial charge in [0.05, 0.1) is 12.6 Å². The van der Waals surface area contributed by atoms with Crippen LogP contribution in [0.2, 0.25) is 0 Å². The molecule has 1 aliphatic carbocycles. The summed E-state index contributed by atoms with van der Waals surface area (Å²) in [7, 11) is 0. The molecule has 0 saturated heterocycles. The average molecular weight is 464 g/mol. The Kier molecular flexibility index (Phi) is 6.58. The van der Waals surface area contributed by atoms with Gasteiger partial charge in [-0.15, -0.1) is 0 Å². The summed E-state index contributed by atoms with van der Waals surface area (Å²) in [4.78, 5) is 24.3. The molecule has 0 saturated carbocycles. The van der Waals surface area contributed by atoms with Crippen LogP contribution in [0.15, 0.2) is 59.1 Å². The molecule has 0 aliphatic heterocycles. The number of nitrogens with zero attached hydrogens (tertiary/aromatic N) is 1. The third kappa shape index (κ3) is 5.39. The number of alkyl carbamates (subject to hydrolysis) is 2. The molecule has 4 rings (SSSR count). The van der Waals surface area contributed by atoms with Crippen molar-refractivity contribution in [1.82, 2.24) is 15.8 Å². The van der Waals surface area contributed by atoms with E-state index < -0.39 is 23.8 Å². The van der Waals surface area contributed by atoms with Crippen molar-refractivity contribution in [3.8, 4) is 11.1 Å². The number of hydrogen-bond donors (Lipinski definition) is 2. The Hall–Kier alpha value is -3.81. The normalized spacial score (nSPS) is 13.5. The topological polar surface area (TPSA) is 103 Å². The van der Waals surface area contributed by atoms with Gasteiger partial charge in [-0.1, -0.05) is 53.7 Å². The summed E-state index contributed by atoms with van der Waals surface area (Å²) in [6.45, 7) is 7.49. The van der Waals surface area contributed by atoms with Crippen LogP contribution in [0.5, 0.6) is 0 Å². The standard InChI is InChI=1S/C26H29N3O5/c1-16(28-25(31)33-26(2,3)4)23-13-17(34-29-23)14-27-24(30)32-15-22-20-11-7-5-9-18(20)19-10-6-8-12-21(19)22/h5-13,16,22H,14-15H2,1-4H3,(H,27,30)(H,28,31)/t16-/m0/s1. The molecule has 2 aromatic carbocycles. The second kappa shape index (κ2) is 9.59. The number of ether oxygens (including phenoxy) is 2. The highest BCUT2D eigenvalue weighted by Gasteiger charge is 2.29. The molecule has 2 N–H and O–H groups in total. The van der Waals surface area contributed by atoms with Gasteiger partial charge in [0.15, 0.2) is 5.76 Å². The Labute approximate surface area is 198 Å². The summed E-state index contributed by atoms with van der Waals surface area (Å²) in [6.07, 6.45) is -1.08.